The van der Waals surface area contributed by atoms with E-state index in [0.717, 1.165) is 0 Å². The molecule has 0 fully saturated rings. The van der Waals surface area contributed by atoms with Gasteiger partial charge < -0.3 is 15.8 Å². The molecule has 2 aromatic heterocycles. The Morgan fingerprint density at radius 3 is 3.08 bits per heavy atom. The summed E-state index contributed by atoms with van der Waals surface area (Å²) < 4.78 is 0. The maximum atomic E-state index is 10.7. The molecule has 5 nitrogen and oxygen atoms in total. The van der Waals surface area contributed by atoms with Gasteiger partial charge >= 0.3 is 5.97 Å². The van der Waals surface area contributed by atoms with Crippen LogP contribution in [0.15, 0.2) is 18.5 Å². The lowest BCUT2D eigenvalue weighted by atomic mass is 10.2. The minimum Gasteiger partial charge on any atom is -0.476 e. The third-order valence-corrected chi connectivity index (χ3v) is 1.84. The SMILES string of the molecule is Nc1c[nH]c2c(C(=O)O)nccc12. The molecule has 2 aromatic rings. The zero-order chi connectivity index (χ0) is 9.42. The van der Waals surface area contributed by atoms with E-state index >= 15 is 0 Å². The van der Waals surface area contributed by atoms with Gasteiger partial charge in [0, 0.05) is 17.8 Å². The van der Waals surface area contributed by atoms with Crippen molar-refractivity contribution in [3.63, 3.8) is 0 Å². The van der Waals surface area contributed by atoms with Crippen LogP contribution in [0, 0.1) is 0 Å². The fourth-order valence-electron chi connectivity index (χ4n) is 1.24. The molecular weight excluding hydrogens is 170 g/mol. The molecule has 0 spiro atoms. The summed E-state index contributed by atoms with van der Waals surface area (Å²) in [5, 5.41) is 9.46. The fraction of sp³-hybridized carbons (Fsp3) is 0. The van der Waals surface area contributed by atoms with Gasteiger partial charge in [-0.25, -0.2) is 9.78 Å². The number of carbonyl (C=O) groups is 1. The Morgan fingerprint density at radius 1 is 1.62 bits per heavy atom. The Bertz CT molecular complexity index is 475. The van der Waals surface area contributed by atoms with Gasteiger partial charge in [0.2, 0.25) is 0 Å². The molecule has 5 heteroatoms. The van der Waals surface area contributed by atoms with Gasteiger partial charge in [0.05, 0.1) is 11.2 Å². The third-order valence-electron chi connectivity index (χ3n) is 1.84. The number of anilines is 1. The number of pyridine rings is 1. The lowest BCUT2D eigenvalue weighted by molar-refractivity contribution is 0.0692. The van der Waals surface area contributed by atoms with E-state index in [2.05, 4.69) is 9.97 Å². The predicted octanol–water partition coefficient (Wildman–Crippen LogP) is 0.843. The number of nitrogens with one attached hydrogen (secondary N) is 1. The molecule has 0 unspecified atom stereocenters. The first-order valence-corrected chi connectivity index (χ1v) is 3.65. The van der Waals surface area contributed by atoms with Crippen molar-refractivity contribution < 1.29 is 9.90 Å². The van der Waals surface area contributed by atoms with E-state index in [0.29, 0.717) is 16.6 Å². The molecule has 2 rings (SSSR count). The maximum absolute atomic E-state index is 10.7. The summed E-state index contributed by atoms with van der Waals surface area (Å²) in [5.74, 6) is -1.06. The van der Waals surface area contributed by atoms with Gasteiger partial charge in [0.25, 0.3) is 0 Å². The number of aromatic carboxylic acids is 1. The smallest absolute Gasteiger partial charge is 0.356 e. The summed E-state index contributed by atoms with van der Waals surface area (Å²) in [4.78, 5) is 17.2. The van der Waals surface area contributed by atoms with E-state index in [4.69, 9.17) is 10.8 Å². The second-order valence-electron chi connectivity index (χ2n) is 2.63. The van der Waals surface area contributed by atoms with E-state index < -0.39 is 5.97 Å². The Morgan fingerprint density at radius 2 is 2.38 bits per heavy atom. The maximum Gasteiger partial charge on any atom is 0.356 e. The van der Waals surface area contributed by atoms with Crippen LogP contribution >= 0.6 is 0 Å². The molecular formula is C8H7N3O2. The molecule has 0 aliphatic heterocycles. The van der Waals surface area contributed by atoms with Crippen molar-refractivity contribution in [2.75, 3.05) is 5.73 Å². The first-order valence-electron chi connectivity index (χ1n) is 3.65. The number of carboxylic acid groups (broad SMARTS) is 1. The molecule has 0 aromatic carbocycles. The minimum absolute atomic E-state index is 0.00537. The minimum atomic E-state index is -1.06. The highest BCUT2D eigenvalue weighted by Gasteiger charge is 2.11. The van der Waals surface area contributed by atoms with Crippen LogP contribution in [0.5, 0.6) is 0 Å². The average Bonchev–Trinajstić information content (AvgIpc) is 2.48. The van der Waals surface area contributed by atoms with Gasteiger partial charge in [0.15, 0.2) is 5.69 Å². The highest BCUT2D eigenvalue weighted by atomic mass is 16.4. The van der Waals surface area contributed by atoms with Crippen LogP contribution in [0.2, 0.25) is 0 Å². The van der Waals surface area contributed by atoms with Gasteiger partial charge in [-0.3, -0.25) is 0 Å². The molecule has 2 heterocycles. The summed E-state index contributed by atoms with van der Waals surface area (Å²) in [6.45, 7) is 0. The van der Waals surface area contributed by atoms with Crippen molar-refractivity contribution in [1.29, 1.82) is 0 Å². The number of aromatic amines is 1. The van der Waals surface area contributed by atoms with Crippen LogP contribution in [0.25, 0.3) is 10.9 Å². The first kappa shape index (κ1) is 7.60. The summed E-state index contributed by atoms with van der Waals surface area (Å²) in [7, 11) is 0. The molecule has 0 amide bonds. The van der Waals surface area contributed by atoms with E-state index in [9.17, 15) is 4.79 Å². The van der Waals surface area contributed by atoms with Crippen LogP contribution in [-0.4, -0.2) is 21.0 Å². The van der Waals surface area contributed by atoms with Crippen molar-refractivity contribution in [2.24, 2.45) is 0 Å². The molecule has 66 valence electrons. The zero-order valence-corrected chi connectivity index (χ0v) is 6.61. The first-order chi connectivity index (χ1) is 6.20. The summed E-state index contributed by atoms with van der Waals surface area (Å²) in [5.41, 5.74) is 6.58. The Balaban J connectivity index is 2.84. The van der Waals surface area contributed by atoms with Gasteiger partial charge in [-0.05, 0) is 6.07 Å². The quantitative estimate of drug-likeness (QED) is 0.601. The monoisotopic (exact) mass is 177 g/mol. The number of nitrogens with two attached hydrogens (primary N) is 1. The normalized spacial score (nSPS) is 10.5. The number of rotatable bonds is 1. The number of H-pyrrole nitrogens is 1. The lowest BCUT2D eigenvalue weighted by Crippen LogP contribution is -2.00. The number of fused-ring (bicyclic) bond motifs is 1. The van der Waals surface area contributed by atoms with Gasteiger partial charge in [-0.1, -0.05) is 0 Å². The molecule has 0 aliphatic carbocycles. The van der Waals surface area contributed by atoms with Crippen molar-refractivity contribution in [3.05, 3.63) is 24.2 Å². The summed E-state index contributed by atoms with van der Waals surface area (Å²) >= 11 is 0. The molecule has 0 saturated heterocycles. The van der Waals surface area contributed by atoms with Gasteiger partial charge in [-0.2, -0.15) is 0 Å². The number of hydrogen-bond acceptors (Lipinski definition) is 3. The molecule has 0 atom stereocenters. The second-order valence-corrected chi connectivity index (χ2v) is 2.63. The standard InChI is InChI=1S/C8H7N3O2/c9-5-3-11-6-4(5)1-2-10-7(6)8(12)13/h1-3,11H,9H2,(H,12,13). The average molecular weight is 177 g/mol. The summed E-state index contributed by atoms with van der Waals surface area (Å²) in [6, 6.07) is 1.67. The largest absolute Gasteiger partial charge is 0.476 e. The molecule has 0 bridgehead atoms. The van der Waals surface area contributed by atoms with Crippen LogP contribution in [-0.2, 0) is 0 Å². The molecule has 13 heavy (non-hydrogen) atoms. The Hall–Kier alpha value is -2.04. The van der Waals surface area contributed by atoms with E-state index in [1.807, 2.05) is 0 Å². The van der Waals surface area contributed by atoms with Crippen LogP contribution < -0.4 is 5.73 Å². The van der Waals surface area contributed by atoms with Crippen LogP contribution in [0.3, 0.4) is 0 Å². The van der Waals surface area contributed by atoms with Crippen molar-refractivity contribution in [1.82, 2.24) is 9.97 Å². The molecule has 4 N–H and O–H groups in total. The predicted molar refractivity (Wildman–Crippen MR) is 47.5 cm³/mol. The lowest BCUT2D eigenvalue weighted by Gasteiger charge is -1.95. The number of nitrogen functional groups attached to an aromatic ring is 1. The molecule has 0 aliphatic rings. The Labute approximate surface area is 73.2 Å². The van der Waals surface area contributed by atoms with E-state index in [1.165, 1.54) is 6.20 Å². The topological polar surface area (TPSA) is 92.0 Å². The van der Waals surface area contributed by atoms with Gasteiger partial charge in [0.1, 0.15) is 0 Å². The van der Waals surface area contributed by atoms with Crippen molar-refractivity contribution >= 4 is 22.6 Å². The fourth-order valence-corrected chi connectivity index (χ4v) is 1.24. The van der Waals surface area contributed by atoms with E-state index in [1.54, 1.807) is 12.3 Å². The van der Waals surface area contributed by atoms with Crippen LogP contribution in [0.4, 0.5) is 5.69 Å². The number of nitrogens with zero attached hydrogens (tertiary/aromatic N) is 1. The number of aromatic nitrogens is 2. The van der Waals surface area contributed by atoms with Crippen LogP contribution in [0.1, 0.15) is 10.5 Å². The highest BCUT2D eigenvalue weighted by molar-refractivity contribution is 6.03. The highest BCUT2D eigenvalue weighted by Crippen LogP contribution is 2.21. The molecule has 0 saturated carbocycles. The third kappa shape index (κ3) is 1.01. The number of hydrogen-bond donors (Lipinski definition) is 3. The van der Waals surface area contributed by atoms with Gasteiger partial charge in [-0.15, -0.1) is 0 Å². The second kappa shape index (κ2) is 2.48. The van der Waals surface area contributed by atoms with Crippen molar-refractivity contribution in [2.45, 2.75) is 0 Å². The zero-order valence-electron chi connectivity index (χ0n) is 6.61. The Kier molecular flexibility index (Phi) is 1.45. The van der Waals surface area contributed by atoms with E-state index in [-0.39, 0.29) is 5.69 Å². The summed E-state index contributed by atoms with van der Waals surface area (Å²) in [6.07, 6.45) is 2.98. The number of carboxylic acids is 1. The molecule has 0 radical (unpaired) electrons. The van der Waals surface area contributed by atoms with Crippen molar-refractivity contribution in [3.8, 4) is 0 Å².